The number of hydrogen-bond donors (Lipinski definition) is 1. The minimum absolute atomic E-state index is 0.0148. The van der Waals surface area contributed by atoms with Crippen molar-refractivity contribution in [2.75, 3.05) is 11.2 Å². The van der Waals surface area contributed by atoms with Crippen LogP contribution in [-0.2, 0) is 11.2 Å². The molecule has 1 atom stereocenters. The smallest absolute Gasteiger partial charge is 0.224 e. The van der Waals surface area contributed by atoms with Crippen LogP contribution < -0.4 is 5.32 Å². The van der Waals surface area contributed by atoms with E-state index in [1.165, 1.54) is 0 Å². The SMILES string of the molecule is CC(CCl)C(=O)c1cccc2c1NC(=O)CC2. The summed E-state index contributed by atoms with van der Waals surface area (Å²) in [6, 6.07) is 5.54. The molecule has 4 heteroatoms. The summed E-state index contributed by atoms with van der Waals surface area (Å²) in [5.41, 5.74) is 2.27. The first-order valence-corrected chi connectivity index (χ1v) is 6.19. The quantitative estimate of drug-likeness (QED) is 0.663. The Balaban J connectivity index is 2.41. The maximum atomic E-state index is 12.1. The Kier molecular flexibility index (Phi) is 3.48. The molecule has 0 radical (unpaired) electrons. The van der Waals surface area contributed by atoms with Crippen LogP contribution in [0.15, 0.2) is 18.2 Å². The van der Waals surface area contributed by atoms with Gasteiger partial charge in [0.25, 0.3) is 0 Å². The van der Waals surface area contributed by atoms with Crippen LogP contribution in [0, 0.1) is 5.92 Å². The summed E-state index contributed by atoms with van der Waals surface area (Å²) < 4.78 is 0. The van der Waals surface area contributed by atoms with Gasteiger partial charge >= 0.3 is 0 Å². The minimum atomic E-state index is -0.234. The van der Waals surface area contributed by atoms with Crippen molar-refractivity contribution in [2.45, 2.75) is 19.8 Å². The van der Waals surface area contributed by atoms with Gasteiger partial charge in [0.1, 0.15) is 0 Å². The molecule has 90 valence electrons. The molecule has 0 saturated heterocycles. The van der Waals surface area contributed by atoms with E-state index in [1.54, 1.807) is 13.0 Å². The maximum absolute atomic E-state index is 12.1. The standard InChI is InChI=1S/C13H14ClNO2/c1-8(7-14)13(17)10-4-2-3-9-5-6-11(16)15-12(9)10/h2-4,8H,5-7H2,1H3,(H,15,16). The van der Waals surface area contributed by atoms with Gasteiger partial charge in [-0.1, -0.05) is 19.1 Å². The lowest BCUT2D eigenvalue weighted by Crippen LogP contribution is -2.23. The monoisotopic (exact) mass is 251 g/mol. The van der Waals surface area contributed by atoms with Crippen molar-refractivity contribution >= 4 is 29.0 Å². The van der Waals surface area contributed by atoms with Crippen molar-refractivity contribution < 1.29 is 9.59 Å². The minimum Gasteiger partial charge on any atom is -0.325 e. The molecular weight excluding hydrogens is 238 g/mol. The molecular formula is C13H14ClNO2. The highest BCUT2D eigenvalue weighted by Gasteiger charge is 2.23. The third kappa shape index (κ3) is 2.34. The predicted octanol–water partition coefficient (Wildman–Crippen LogP) is 2.63. The van der Waals surface area contributed by atoms with E-state index in [-0.39, 0.29) is 23.5 Å². The van der Waals surface area contributed by atoms with E-state index in [1.807, 2.05) is 12.1 Å². The number of ketones is 1. The van der Waals surface area contributed by atoms with Gasteiger partial charge in [-0.2, -0.15) is 0 Å². The van der Waals surface area contributed by atoms with Crippen molar-refractivity contribution in [3.63, 3.8) is 0 Å². The van der Waals surface area contributed by atoms with Crippen LogP contribution in [0.25, 0.3) is 0 Å². The summed E-state index contributed by atoms with van der Waals surface area (Å²) >= 11 is 5.70. The fourth-order valence-electron chi connectivity index (χ4n) is 1.95. The van der Waals surface area contributed by atoms with Gasteiger partial charge in [-0.25, -0.2) is 0 Å². The second-order valence-electron chi connectivity index (χ2n) is 4.31. The van der Waals surface area contributed by atoms with E-state index in [9.17, 15) is 9.59 Å². The number of carbonyl (C=O) groups excluding carboxylic acids is 2. The van der Waals surface area contributed by atoms with Crippen molar-refractivity contribution in [1.29, 1.82) is 0 Å². The summed E-state index contributed by atoms with van der Waals surface area (Å²) in [6.07, 6.45) is 1.17. The van der Waals surface area contributed by atoms with Gasteiger partial charge in [0.2, 0.25) is 5.91 Å². The lowest BCUT2D eigenvalue weighted by molar-refractivity contribution is -0.116. The number of halogens is 1. The molecule has 0 aromatic heterocycles. The number of anilines is 1. The van der Waals surface area contributed by atoms with Gasteiger partial charge in [-0.15, -0.1) is 11.6 Å². The van der Waals surface area contributed by atoms with Gasteiger partial charge in [-0.3, -0.25) is 9.59 Å². The summed E-state index contributed by atoms with van der Waals surface area (Å²) in [7, 11) is 0. The van der Waals surface area contributed by atoms with Crippen molar-refractivity contribution in [3.05, 3.63) is 29.3 Å². The highest BCUT2D eigenvalue weighted by molar-refractivity contribution is 6.20. The van der Waals surface area contributed by atoms with Gasteiger partial charge in [0.15, 0.2) is 5.78 Å². The van der Waals surface area contributed by atoms with E-state index >= 15 is 0 Å². The molecule has 3 nitrogen and oxygen atoms in total. The Hall–Kier alpha value is -1.35. The molecule has 1 heterocycles. The van der Waals surface area contributed by atoms with E-state index < -0.39 is 0 Å². The number of carbonyl (C=O) groups is 2. The summed E-state index contributed by atoms with van der Waals surface area (Å²) in [5, 5.41) is 2.79. The number of Topliss-reactive ketones (excluding diaryl/α,β-unsaturated/α-hetero) is 1. The fourth-order valence-corrected chi connectivity index (χ4v) is 2.09. The first kappa shape index (κ1) is 12.1. The topological polar surface area (TPSA) is 46.2 Å². The normalized spacial score (nSPS) is 16.0. The summed E-state index contributed by atoms with van der Waals surface area (Å²) in [6.45, 7) is 1.79. The predicted molar refractivity (Wildman–Crippen MR) is 67.6 cm³/mol. The van der Waals surface area contributed by atoms with Gasteiger partial charge in [0, 0.05) is 23.8 Å². The number of alkyl halides is 1. The lowest BCUT2D eigenvalue weighted by atomic mass is 9.93. The van der Waals surface area contributed by atoms with Crippen molar-refractivity contribution in [1.82, 2.24) is 0 Å². The molecule has 2 rings (SSSR count). The molecule has 0 aliphatic carbocycles. The summed E-state index contributed by atoms with van der Waals surface area (Å²) in [4.78, 5) is 23.5. The highest BCUT2D eigenvalue weighted by atomic mass is 35.5. The van der Waals surface area contributed by atoms with E-state index in [4.69, 9.17) is 11.6 Å². The highest BCUT2D eigenvalue weighted by Crippen LogP contribution is 2.28. The Bertz CT molecular complexity index is 470. The lowest BCUT2D eigenvalue weighted by Gasteiger charge is -2.20. The number of benzene rings is 1. The van der Waals surface area contributed by atoms with Crippen LogP contribution in [0.2, 0.25) is 0 Å². The van der Waals surface area contributed by atoms with Crippen LogP contribution in [-0.4, -0.2) is 17.6 Å². The molecule has 1 aromatic carbocycles. The average Bonchev–Trinajstić information content (AvgIpc) is 2.36. The molecule has 1 aliphatic rings. The zero-order valence-electron chi connectivity index (χ0n) is 9.63. The third-order valence-electron chi connectivity index (χ3n) is 2.98. The first-order chi connectivity index (χ1) is 8.13. The van der Waals surface area contributed by atoms with Gasteiger partial charge in [-0.05, 0) is 18.1 Å². The van der Waals surface area contributed by atoms with E-state index in [0.29, 0.717) is 24.1 Å². The maximum Gasteiger partial charge on any atom is 0.224 e. The second kappa shape index (κ2) is 4.88. The number of hydrogen-bond acceptors (Lipinski definition) is 2. The average molecular weight is 252 g/mol. The number of nitrogens with one attached hydrogen (secondary N) is 1. The molecule has 17 heavy (non-hydrogen) atoms. The Labute approximate surface area is 105 Å². The van der Waals surface area contributed by atoms with Crippen molar-refractivity contribution in [2.24, 2.45) is 5.92 Å². The number of rotatable bonds is 3. The summed E-state index contributed by atoms with van der Waals surface area (Å²) in [5.74, 6) is 0.00788. The van der Waals surface area contributed by atoms with Crippen LogP contribution in [0.4, 0.5) is 5.69 Å². The second-order valence-corrected chi connectivity index (χ2v) is 4.62. The van der Waals surface area contributed by atoms with Gasteiger partial charge in [0.05, 0.1) is 5.69 Å². The molecule has 0 bridgehead atoms. The molecule has 1 aromatic rings. The van der Waals surface area contributed by atoms with Crippen LogP contribution in [0.5, 0.6) is 0 Å². The number of amides is 1. The zero-order valence-corrected chi connectivity index (χ0v) is 10.4. The number of para-hydroxylation sites is 1. The molecule has 0 saturated carbocycles. The largest absolute Gasteiger partial charge is 0.325 e. The first-order valence-electron chi connectivity index (χ1n) is 5.65. The number of aryl methyl sites for hydroxylation is 1. The zero-order chi connectivity index (χ0) is 12.4. The van der Waals surface area contributed by atoms with Gasteiger partial charge < -0.3 is 5.32 Å². The molecule has 1 N–H and O–H groups in total. The third-order valence-corrected chi connectivity index (χ3v) is 3.44. The Morgan fingerprint density at radius 1 is 1.47 bits per heavy atom. The van der Waals surface area contributed by atoms with Crippen LogP contribution in [0.1, 0.15) is 29.3 Å². The Morgan fingerprint density at radius 2 is 2.24 bits per heavy atom. The molecule has 0 spiro atoms. The van der Waals surface area contributed by atoms with E-state index in [2.05, 4.69) is 5.32 Å². The molecule has 0 fully saturated rings. The molecule has 1 unspecified atom stereocenters. The Morgan fingerprint density at radius 3 is 2.94 bits per heavy atom. The number of fused-ring (bicyclic) bond motifs is 1. The van der Waals surface area contributed by atoms with Crippen LogP contribution >= 0.6 is 11.6 Å². The van der Waals surface area contributed by atoms with Crippen LogP contribution in [0.3, 0.4) is 0 Å². The van der Waals surface area contributed by atoms with Crippen molar-refractivity contribution in [3.8, 4) is 0 Å². The molecule has 1 amide bonds. The van der Waals surface area contributed by atoms with E-state index in [0.717, 1.165) is 5.56 Å². The molecule has 1 aliphatic heterocycles. The fraction of sp³-hybridized carbons (Fsp3) is 0.385.